The highest BCUT2D eigenvalue weighted by atomic mass is 35.5. The maximum atomic E-state index is 13.1. The van der Waals surface area contributed by atoms with Crippen molar-refractivity contribution in [3.05, 3.63) is 45.8 Å². The predicted molar refractivity (Wildman–Crippen MR) is 126 cm³/mol. The van der Waals surface area contributed by atoms with Gasteiger partial charge in [0.25, 0.3) is 15.9 Å². The number of carbonyl (C=O) groups excluding carboxylic acids is 2. The smallest absolute Gasteiger partial charge is 0.254 e. The summed E-state index contributed by atoms with van der Waals surface area (Å²) in [5, 5.41) is 5.17. The molecule has 2 saturated heterocycles. The van der Waals surface area contributed by atoms with Crippen molar-refractivity contribution in [2.45, 2.75) is 36.8 Å². The molecule has 1 N–H and O–H groups in total. The molecule has 10 heteroatoms. The summed E-state index contributed by atoms with van der Waals surface area (Å²) in [4.78, 5) is 27.0. The first kappa shape index (κ1) is 23.2. The maximum absolute atomic E-state index is 13.1. The van der Waals surface area contributed by atoms with Crippen molar-refractivity contribution in [2.24, 2.45) is 5.92 Å². The molecule has 0 bridgehead atoms. The minimum Gasteiger partial charge on any atom is -0.339 e. The van der Waals surface area contributed by atoms with E-state index in [9.17, 15) is 18.0 Å². The molecular formula is C22H26ClN3O4S2. The van der Waals surface area contributed by atoms with Crippen molar-refractivity contribution in [3.8, 4) is 0 Å². The van der Waals surface area contributed by atoms with E-state index in [2.05, 4.69) is 5.32 Å². The van der Waals surface area contributed by atoms with Gasteiger partial charge in [-0.3, -0.25) is 9.59 Å². The first-order chi connectivity index (χ1) is 15.3. The number of sulfonamides is 1. The van der Waals surface area contributed by atoms with E-state index in [0.29, 0.717) is 29.1 Å². The van der Waals surface area contributed by atoms with E-state index < -0.39 is 10.0 Å². The number of halogens is 1. The van der Waals surface area contributed by atoms with Crippen molar-refractivity contribution in [1.29, 1.82) is 0 Å². The van der Waals surface area contributed by atoms with E-state index >= 15 is 0 Å². The van der Waals surface area contributed by atoms with Gasteiger partial charge in [-0.15, -0.1) is 11.3 Å². The van der Waals surface area contributed by atoms with Crippen LogP contribution in [0, 0.1) is 12.8 Å². The second-order valence-corrected chi connectivity index (χ2v) is 11.8. The Morgan fingerprint density at radius 1 is 1.09 bits per heavy atom. The molecule has 3 heterocycles. The van der Waals surface area contributed by atoms with Gasteiger partial charge in [-0.05, 0) is 62.4 Å². The van der Waals surface area contributed by atoms with E-state index in [1.165, 1.54) is 10.4 Å². The van der Waals surface area contributed by atoms with Crippen molar-refractivity contribution < 1.29 is 18.0 Å². The van der Waals surface area contributed by atoms with Crippen molar-refractivity contribution in [3.63, 3.8) is 0 Å². The average molecular weight is 496 g/mol. The number of rotatable bonds is 5. The molecule has 0 spiro atoms. The van der Waals surface area contributed by atoms with Gasteiger partial charge in [-0.1, -0.05) is 11.6 Å². The summed E-state index contributed by atoms with van der Waals surface area (Å²) in [6.07, 6.45) is 2.87. The number of amides is 2. The van der Waals surface area contributed by atoms with Crippen LogP contribution in [0.15, 0.2) is 33.9 Å². The quantitative estimate of drug-likeness (QED) is 0.679. The molecule has 2 aromatic rings. The van der Waals surface area contributed by atoms with Crippen LogP contribution in [-0.2, 0) is 14.8 Å². The molecule has 4 rings (SSSR count). The summed E-state index contributed by atoms with van der Waals surface area (Å²) in [5.41, 5.74) is 2.02. The molecular weight excluding hydrogens is 470 g/mol. The summed E-state index contributed by atoms with van der Waals surface area (Å²) in [6.45, 7) is 3.87. The molecule has 172 valence electrons. The lowest BCUT2D eigenvalue weighted by molar-refractivity contribution is -0.120. The van der Waals surface area contributed by atoms with Gasteiger partial charge in [0.1, 0.15) is 4.21 Å². The van der Waals surface area contributed by atoms with Crippen molar-refractivity contribution in [1.82, 2.24) is 9.21 Å². The van der Waals surface area contributed by atoms with Gasteiger partial charge >= 0.3 is 0 Å². The van der Waals surface area contributed by atoms with Gasteiger partial charge in [0.05, 0.1) is 5.56 Å². The lowest BCUT2D eigenvalue weighted by atomic mass is 9.97. The summed E-state index contributed by atoms with van der Waals surface area (Å²) in [5.74, 6) is -0.470. The number of hydrogen-bond donors (Lipinski definition) is 1. The lowest BCUT2D eigenvalue weighted by Gasteiger charge is -2.30. The summed E-state index contributed by atoms with van der Waals surface area (Å²) >= 11 is 7.05. The Balaban J connectivity index is 1.37. The maximum Gasteiger partial charge on any atom is 0.254 e. The molecule has 0 atom stereocenters. The van der Waals surface area contributed by atoms with Gasteiger partial charge in [0, 0.05) is 48.2 Å². The minimum absolute atomic E-state index is 0.104. The fourth-order valence-corrected chi connectivity index (χ4v) is 7.16. The highest BCUT2D eigenvalue weighted by molar-refractivity contribution is 7.91. The summed E-state index contributed by atoms with van der Waals surface area (Å²) < 4.78 is 27.8. The normalized spacial score (nSPS) is 18.1. The molecule has 0 saturated carbocycles. The topological polar surface area (TPSA) is 86.8 Å². The number of thiophene rings is 1. The van der Waals surface area contributed by atoms with Crippen LogP contribution in [0.25, 0.3) is 0 Å². The van der Waals surface area contributed by atoms with Gasteiger partial charge < -0.3 is 10.2 Å². The number of nitrogens with one attached hydrogen (secondary N) is 1. The number of likely N-dealkylation sites (tertiary alicyclic amines) is 1. The molecule has 32 heavy (non-hydrogen) atoms. The molecule has 0 aliphatic carbocycles. The third-order valence-electron chi connectivity index (χ3n) is 6.08. The standard InChI is InChI=1S/C22H26ClN3O4S2/c1-15-12-18(23)4-5-19(15)24-21(27)16-6-10-26(11-7-16)32(29,30)20-13-17(14-31-20)22(28)25-8-2-3-9-25/h4-5,12-14,16H,2-3,6-11H2,1H3,(H,24,27). The molecule has 0 unspecified atom stereocenters. The molecule has 0 radical (unpaired) electrons. The Bertz CT molecular complexity index is 1120. The fourth-order valence-electron chi connectivity index (χ4n) is 4.15. The second kappa shape index (κ2) is 9.51. The van der Waals surface area contributed by atoms with E-state index in [1.807, 2.05) is 6.92 Å². The number of aryl methyl sites for hydroxylation is 1. The zero-order valence-corrected chi connectivity index (χ0v) is 20.2. The third kappa shape index (κ3) is 4.85. The molecule has 2 aliphatic rings. The Morgan fingerprint density at radius 2 is 1.78 bits per heavy atom. The number of anilines is 1. The monoisotopic (exact) mass is 495 g/mol. The summed E-state index contributed by atoms with van der Waals surface area (Å²) in [7, 11) is -3.68. The average Bonchev–Trinajstić information content (AvgIpc) is 3.48. The molecule has 2 fully saturated rings. The van der Waals surface area contributed by atoms with E-state index in [1.54, 1.807) is 28.5 Å². The largest absolute Gasteiger partial charge is 0.339 e. The lowest BCUT2D eigenvalue weighted by Crippen LogP contribution is -2.41. The third-order valence-corrected chi connectivity index (χ3v) is 9.63. The van der Waals surface area contributed by atoms with Crippen LogP contribution in [0.4, 0.5) is 5.69 Å². The number of carbonyl (C=O) groups is 2. The number of benzene rings is 1. The van der Waals surface area contributed by atoms with Crippen LogP contribution in [0.2, 0.25) is 5.02 Å². The first-order valence-corrected chi connectivity index (χ1v) is 13.4. The van der Waals surface area contributed by atoms with Crippen LogP contribution < -0.4 is 5.32 Å². The number of nitrogens with zero attached hydrogens (tertiary/aromatic N) is 2. The Hall–Kier alpha value is -1.94. The number of hydrogen-bond acceptors (Lipinski definition) is 5. The first-order valence-electron chi connectivity index (χ1n) is 10.7. The predicted octanol–water partition coefficient (Wildman–Crippen LogP) is 3.99. The van der Waals surface area contributed by atoms with Gasteiger partial charge in [0.15, 0.2) is 0 Å². The van der Waals surface area contributed by atoms with Crippen LogP contribution in [0.3, 0.4) is 0 Å². The molecule has 1 aromatic carbocycles. The van der Waals surface area contributed by atoms with Crippen LogP contribution in [-0.4, -0.2) is 55.6 Å². The minimum atomic E-state index is -3.68. The van der Waals surface area contributed by atoms with Crippen LogP contribution in [0.1, 0.15) is 41.6 Å². The van der Waals surface area contributed by atoms with E-state index in [-0.39, 0.29) is 35.0 Å². The van der Waals surface area contributed by atoms with Gasteiger partial charge in [-0.2, -0.15) is 4.31 Å². The van der Waals surface area contributed by atoms with Crippen molar-refractivity contribution in [2.75, 3.05) is 31.5 Å². The molecule has 2 amide bonds. The number of piperidine rings is 1. The molecule has 1 aromatic heterocycles. The zero-order chi connectivity index (χ0) is 22.9. The van der Waals surface area contributed by atoms with Crippen LogP contribution in [0.5, 0.6) is 0 Å². The van der Waals surface area contributed by atoms with E-state index in [0.717, 1.165) is 42.8 Å². The van der Waals surface area contributed by atoms with Gasteiger partial charge in [0.2, 0.25) is 5.91 Å². The Labute approximate surface area is 197 Å². The van der Waals surface area contributed by atoms with E-state index in [4.69, 9.17) is 11.6 Å². The van der Waals surface area contributed by atoms with Crippen molar-refractivity contribution >= 4 is 50.5 Å². The highest BCUT2D eigenvalue weighted by Gasteiger charge is 2.33. The SMILES string of the molecule is Cc1cc(Cl)ccc1NC(=O)C1CCN(S(=O)(=O)c2cc(C(=O)N3CCCC3)cs2)CC1. The zero-order valence-electron chi connectivity index (χ0n) is 17.8. The Kier molecular flexibility index (Phi) is 6.90. The molecule has 2 aliphatic heterocycles. The fraction of sp³-hybridized carbons (Fsp3) is 0.455. The second-order valence-electron chi connectivity index (χ2n) is 8.28. The van der Waals surface area contributed by atoms with Crippen LogP contribution >= 0.6 is 22.9 Å². The Morgan fingerprint density at radius 3 is 2.44 bits per heavy atom. The van der Waals surface area contributed by atoms with Gasteiger partial charge in [-0.25, -0.2) is 8.42 Å². The summed E-state index contributed by atoms with van der Waals surface area (Å²) in [6, 6.07) is 6.77. The highest BCUT2D eigenvalue weighted by Crippen LogP contribution is 2.30. The molecule has 7 nitrogen and oxygen atoms in total.